The molecule has 3 heterocycles. The SMILES string of the molecule is CC(=O)O.Cc1nc(C)c(CSc2nnc(C3CCCNC3)n2C)s1. The molecule has 2 aromatic rings. The van der Waals surface area contributed by atoms with Gasteiger partial charge < -0.3 is 15.0 Å². The molecule has 0 aromatic carbocycles. The Kier molecular flexibility index (Phi) is 7.39. The van der Waals surface area contributed by atoms with E-state index in [0.717, 1.165) is 47.4 Å². The largest absolute Gasteiger partial charge is 0.481 e. The molecule has 1 saturated heterocycles. The van der Waals surface area contributed by atoms with Crippen LogP contribution in [-0.2, 0) is 17.6 Å². The lowest BCUT2D eigenvalue weighted by molar-refractivity contribution is -0.134. The Labute approximate surface area is 156 Å². The number of hydrogen-bond acceptors (Lipinski definition) is 7. The van der Waals surface area contributed by atoms with Gasteiger partial charge in [0.25, 0.3) is 5.97 Å². The summed E-state index contributed by atoms with van der Waals surface area (Å²) in [5.74, 6) is 1.70. The van der Waals surface area contributed by atoms with Gasteiger partial charge in [0.05, 0.1) is 10.7 Å². The zero-order valence-electron chi connectivity index (χ0n) is 15.1. The molecular formula is C16H25N5O2S2. The van der Waals surface area contributed by atoms with Crippen molar-refractivity contribution >= 4 is 29.1 Å². The van der Waals surface area contributed by atoms with Crippen molar-refractivity contribution in [1.82, 2.24) is 25.1 Å². The van der Waals surface area contributed by atoms with Gasteiger partial charge in [-0.15, -0.1) is 21.5 Å². The van der Waals surface area contributed by atoms with Crippen molar-refractivity contribution < 1.29 is 9.90 Å². The molecule has 1 fully saturated rings. The van der Waals surface area contributed by atoms with E-state index in [4.69, 9.17) is 9.90 Å². The van der Waals surface area contributed by atoms with Crippen LogP contribution in [0.2, 0.25) is 0 Å². The molecule has 2 aromatic heterocycles. The topological polar surface area (TPSA) is 92.9 Å². The van der Waals surface area contributed by atoms with Gasteiger partial charge in [0.15, 0.2) is 5.16 Å². The van der Waals surface area contributed by atoms with E-state index >= 15 is 0 Å². The highest BCUT2D eigenvalue weighted by Gasteiger charge is 2.21. The van der Waals surface area contributed by atoms with Crippen molar-refractivity contribution in [2.24, 2.45) is 7.05 Å². The number of aryl methyl sites for hydroxylation is 2. The molecule has 9 heteroatoms. The first-order valence-electron chi connectivity index (χ1n) is 8.23. The van der Waals surface area contributed by atoms with Crippen molar-refractivity contribution in [3.63, 3.8) is 0 Å². The average Bonchev–Trinajstić information content (AvgIpc) is 3.07. The van der Waals surface area contributed by atoms with Gasteiger partial charge in [0.1, 0.15) is 5.82 Å². The van der Waals surface area contributed by atoms with Crippen LogP contribution in [0.1, 0.15) is 47.1 Å². The number of nitrogens with one attached hydrogen (secondary N) is 1. The lowest BCUT2D eigenvalue weighted by Gasteiger charge is -2.21. The molecule has 0 spiro atoms. The molecule has 0 amide bonds. The third-order valence-corrected chi connectivity index (χ3v) is 6.16. The smallest absolute Gasteiger partial charge is 0.300 e. The predicted molar refractivity (Wildman–Crippen MR) is 100 cm³/mol. The van der Waals surface area contributed by atoms with Crippen LogP contribution in [0.3, 0.4) is 0 Å². The molecule has 1 aliphatic rings. The lowest BCUT2D eigenvalue weighted by Crippen LogP contribution is -2.29. The second-order valence-corrected chi connectivity index (χ2v) is 8.22. The monoisotopic (exact) mass is 383 g/mol. The number of thiazole rings is 1. The number of hydrogen-bond donors (Lipinski definition) is 2. The van der Waals surface area contributed by atoms with Crippen LogP contribution in [0.15, 0.2) is 5.16 Å². The van der Waals surface area contributed by atoms with Gasteiger partial charge in [0, 0.05) is 37.1 Å². The Morgan fingerprint density at radius 2 is 2.16 bits per heavy atom. The number of nitrogens with zero attached hydrogens (tertiary/aromatic N) is 4. The van der Waals surface area contributed by atoms with Crippen LogP contribution in [0, 0.1) is 13.8 Å². The van der Waals surface area contributed by atoms with E-state index in [0.29, 0.717) is 5.92 Å². The van der Waals surface area contributed by atoms with Gasteiger partial charge in [-0.25, -0.2) is 4.98 Å². The summed E-state index contributed by atoms with van der Waals surface area (Å²) >= 11 is 3.53. The lowest BCUT2D eigenvalue weighted by atomic mass is 9.99. The van der Waals surface area contributed by atoms with Crippen molar-refractivity contribution in [3.8, 4) is 0 Å². The Morgan fingerprint density at radius 1 is 1.44 bits per heavy atom. The van der Waals surface area contributed by atoms with Crippen molar-refractivity contribution in [3.05, 3.63) is 21.4 Å². The molecule has 1 atom stereocenters. The first kappa shape index (κ1) is 19.9. The molecule has 0 saturated carbocycles. The number of piperidine rings is 1. The summed E-state index contributed by atoms with van der Waals surface area (Å²) in [6.07, 6.45) is 2.43. The molecule has 1 unspecified atom stereocenters. The molecule has 3 rings (SSSR count). The van der Waals surface area contributed by atoms with Crippen LogP contribution >= 0.6 is 23.1 Å². The first-order chi connectivity index (χ1) is 11.9. The Bertz CT molecular complexity index is 703. The highest BCUT2D eigenvalue weighted by Crippen LogP contribution is 2.29. The van der Waals surface area contributed by atoms with Gasteiger partial charge in [-0.1, -0.05) is 11.8 Å². The fraction of sp³-hybridized carbons (Fsp3) is 0.625. The molecule has 138 valence electrons. The Morgan fingerprint density at radius 3 is 2.72 bits per heavy atom. The molecular weight excluding hydrogens is 358 g/mol. The summed E-state index contributed by atoms with van der Waals surface area (Å²) < 4.78 is 2.16. The van der Waals surface area contributed by atoms with Gasteiger partial charge in [0.2, 0.25) is 0 Å². The maximum Gasteiger partial charge on any atom is 0.300 e. The van der Waals surface area contributed by atoms with Crippen molar-refractivity contribution in [1.29, 1.82) is 0 Å². The minimum Gasteiger partial charge on any atom is -0.481 e. The molecule has 0 radical (unpaired) electrons. The van der Waals surface area contributed by atoms with E-state index in [-0.39, 0.29) is 0 Å². The summed E-state index contributed by atoms with van der Waals surface area (Å²) in [5, 5.41) is 21.8. The first-order valence-corrected chi connectivity index (χ1v) is 10.0. The maximum atomic E-state index is 9.00. The van der Waals surface area contributed by atoms with Crippen molar-refractivity contribution in [2.75, 3.05) is 13.1 Å². The zero-order chi connectivity index (χ0) is 18.4. The normalized spacial score (nSPS) is 17.0. The zero-order valence-corrected chi connectivity index (χ0v) is 16.7. The Balaban J connectivity index is 0.000000511. The minimum absolute atomic E-state index is 0.498. The van der Waals surface area contributed by atoms with Crippen LogP contribution in [0.5, 0.6) is 0 Å². The predicted octanol–water partition coefficient (Wildman–Crippen LogP) is 2.74. The van der Waals surface area contributed by atoms with Crippen molar-refractivity contribution in [2.45, 2.75) is 50.4 Å². The number of carboxylic acids is 1. The quantitative estimate of drug-likeness (QED) is 0.784. The van der Waals surface area contributed by atoms with E-state index in [1.54, 1.807) is 23.1 Å². The van der Waals surface area contributed by atoms with Crippen LogP contribution in [0.25, 0.3) is 0 Å². The average molecular weight is 384 g/mol. The highest BCUT2D eigenvalue weighted by atomic mass is 32.2. The molecule has 0 aliphatic carbocycles. The second-order valence-electron chi connectivity index (χ2n) is 5.99. The Hall–Kier alpha value is -1.45. The van der Waals surface area contributed by atoms with Crippen LogP contribution in [0.4, 0.5) is 0 Å². The van der Waals surface area contributed by atoms with Gasteiger partial charge in [-0.2, -0.15) is 0 Å². The van der Waals surface area contributed by atoms with E-state index < -0.39 is 5.97 Å². The number of carboxylic acid groups (broad SMARTS) is 1. The van der Waals surface area contributed by atoms with Gasteiger partial charge >= 0.3 is 0 Å². The van der Waals surface area contributed by atoms with E-state index in [1.165, 1.54) is 17.7 Å². The summed E-state index contributed by atoms with van der Waals surface area (Å²) in [6.45, 7) is 7.36. The fourth-order valence-corrected chi connectivity index (χ4v) is 4.72. The number of aromatic nitrogens is 4. The summed E-state index contributed by atoms with van der Waals surface area (Å²) in [6, 6.07) is 0. The third kappa shape index (κ3) is 5.79. The van der Waals surface area contributed by atoms with Crippen LogP contribution in [-0.4, -0.2) is 43.9 Å². The van der Waals surface area contributed by atoms with Gasteiger partial charge in [-0.3, -0.25) is 4.79 Å². The van der Waals surface area contributed by atoms with Crippen LogP contribution < -0.4 is 5.32 Å². The molecule has 1 aliphatic heterocycles. The van der Waals surface area contributed by atoms with Gasteiger partial charge in [-0.05, 0) is 33.2 Å². The second kappa shape index (κ2) is 9.30. The standard InChI is InChI=1S/C14H21N5S2.C2H4O2/c1-9-12(21-10(2)16-9)8-20-14-18-17-13(19(14)3)11-5-4-6-15-7-11;1-2(3)4/h11,15H,4-8H2,1-3H3;1H3,(H,3,4). The number of aliphatic carboxylic acids is 1. The number of rotatable bonds is 4. The summed E-state index contributed by atoms with van der Waals surface area (Å²) in [5.41, 5.74) is 1.14. The van der Waals surface area contributed by atoms with E-state index in [9.17, 15) is 0 Å². The maximum absolute atomic E-state index is 9.00. The number of thioether (sulfide) groups is 1. The third-order valence-electron chi connectivity index (χ3n) is 3.86. The highest BCUT2D eigenvalue weighted by molar-refractivity contribution is 7.98. The minimum atomic E-state index is -0.833. The fourth-order valence-electron chi connectivity index (χ4n) is 2.72. The van der Waals surface area contributed by atoms with E-state index in [1.807, 2.05) is 0 Å². The number of carbonyl (C=O) groups is 1. The summed E-state index contributed by atoms with van der Waals surface area (Å²) in [7, 11) is 2.08. The molecule has 7 nitrogen and oxygen atoms in total. The molecule has 0 bridgehead atoms. The molecule has 2 N–H and O–H groups in total. The van der Waals surface area contributed by atoms with E-state index in [2.05, 4.69) is 46.0 Å². The summed E-state index contributed by atoms with van der Waals surface area (Å²) in [4.78, 5) is 14.8. The molecule has 25 heavy (non-hydrogen) atoms.